The molecule has 0 aliphatic carbocycles. The fourth-order valence-electron chi connectivity index (χ4n) is 2.62. The lowest BCUT2D eigenvalue weighted by Crippen LogP contribution is -1.99. The Hall–Kier alpha value is -3.08. The molecule has 0 saturated carbocycles. The van der Waals surface area contributed by atoms with E-state index in [0.717, 1.165) is 24.2 Å². The van der Waals surface area contributed by atoms with Gasteiger partial charge in [0.1, 0.15) is 5.75 Å². The van der Waals surface area contributed by atoms with Gasteiger partial charge in [-0.3, -0.25) is 0 Å². The molecule has 0 atom stereocenters. The molecule has 0 unspecified atom stereocenters. The smallest absolute Gasteiger partial charge is 0.358 e. The predicted molar refractivity (Wildman–Crippen MR) is 93.9 cm³/mol. The molecule has 0 spiro atoms. The second kappa shape index (κ2) is 7.66. The molecule has 0 aliphatic heterocycles. The van der Waals surface area contributed by atoms with Crippen LogP contribution in [0.15, 0.2) is 59.1 Å². The van der Waals surface area contributed by atoms with Gasteiger partial charge in [-0.25, -0.2) is 4.79 Å². The normalized spacial score (nSPS) is 10.6. The summed E-state index contributed by atoms with van der Waals surface area (Å²) in [6.07, 6.45) is 1.92. The third-order valence-electron chi connectivity index (χ3n) is 3.96. The number of carboxylic acid groups (broad SMARTS) is 1. The summed E-state index contributed by atoms with van der Waals surface area (Å²) in [7, 11) is 0. The molecule has 0 fully saturated rings. The molecule has 0 aliphatic rings. The minimum absolute atomic E-state index is 0.0590. The average molecular weight is 337 g/mol. The van der Waals surface area contributed by atoms with Crippen LogP contribution in [0.25, 0.3) is 11.3 Å². The number of carboxylic acids is 1. The van der Waals surface area contributed by atoms with Crippen LogP contribution in [0.1, 0.15) is 28.0 Å². The van der Waals surface area contributed by atoms with Crippen LogP contribution in [0.3, 0.4) is 0 Å². The van der Waals surface area contributed by atoms with Crippen molar-refractivity contribution in [2.24, 2.45) is 0 Å². The van der Waals surface area contributed by atoms with Gasteiger partial charge in [0.15, 0.2) is 11.5 Å². The van der Waals surface area contributed by atoms with Crippen LogP contribution >= 0.6 is 0 Å². The monoisotopic (exact) mass is 337 g/mol. The molecule has 3 rings (SSSR count). The van der Waals surface area contributed by atoms with Crippen molar-refractivity contribution in [3.05, 3.63) is 71.4 Å². The van der Waals surface area contributed by atoms with Crippen molar-refractivity contribution in [2.45, 2.75) is 19.8 Å². The highest BCUT2D eigenvalue weighted by Gasteiger charge is 2.18. The number of rotatable bonds is 7. The third-order valence-corrected chi connectivity index (χ3v) is 3.96. The number of carbonyl (C=O) groups is 1. The maximum Gasteiger partial charge on any atom is 0.358 e. The molecule has 5 heteroatoms. The van der Waals surface area contributed by atoms with E-state index in [4.69, 9.17) is 14.4 Å². The molecule has 0 bridgehead atoms. The molecule has 5 nitrogen and oxygen atoms in total. The zero-order valence-corrected chi connectivity index (χ0v) is 13.9. The van der Waals surface area contributed by atoms with Gasteiger partial charge in [0.05, 0.1) is 6.61 Å². The first-order chi connectivity index (χ1) is 12.1. The van der Waals surface area contributed by atoms with Gasteiger partial charge < -0.3 is 14.4 Å². The summed E-state index contributed by atoms with van der Waals surface area (Å²) in [6.45, 7) is 2.32. The van der Waals surface area contributed by atoms with E-state index in [1.165, 1.54) is 5.56 Å². The molecule has 1 N–H and O–H groups in total. The minimum atomic E-state index is -1.09. The first kappa shape index (κ1) is 16.8. The summed E-state index contributed by atoms with van der Waals surface area (Å²) in [4.78, 5) is 11.0. The lowest BCUT2D eigenvalue weighted by Gasteiger charge is -2.07. The van der Waals surface area contributed by atoms with E-state index in [0.29, 0.717) is 17.9 Å². The SMILES string of the molecule is Cc1c(C(=O)O)noc1-c1ccc(OCCCc2ccccc2)cc1. The number of hydrogen-bond donors (Lipinski definition) is 1. The summed E-state index contributed by atoms with van der Waals surface area (Å²) >= 11 is 0. The lowest BCUT2D eigenvalue weighted by molar-refractivity contribution is 0.0685. The van der Waals surface area contributed by atoms with Gasteiger partial charge in [-0.1, -0.05) is 35.5 Å². The number of benzene rings is 2. The molecule has 0 amide bonds. The predicted octanol–water partition coefficient (Wildman–Crippen LogP) is 4.36. The van der Waals surface area contributed by atoms with E-state index in [9.17, 15) is 4.79 Å². The Kier molecular flexibility index (Phi) is 5.14. The van der Waals surface area contributed by atoms with Crippen LogP contribution in [-0.4, -0.2) is 22.8 Å². The topological polar surface area (TPSA) is 72.6 Å². The summed E-state index contributed by atoms with van der Waals surface area (Å²) in [5.41, 5.74) is 2.53. The standard InChI is InChI=1S/C20H19NO4/c1-14-18(20(22)23)21-25-19(14)16-9-11-17(12-10-16)24-13-5-8-15-6-3-2-4-7-15/h2-4,6-7,9-12H,5,8,13H2,1H3,(H,22,23). The van der Waals surface area contributed by atoms with E-state index in [-0.39, 0.29) is 5.69 Å². The quantitative estimate of drug-likeness (QED) is 0.649. The second-order valence-corrected chi connectivity index (χ2v) is 5.75. The third kappa shape index (κ3) is 4.07. The van der Waals surface area contributed by atoms with Crippen LogP contribution in [0.2, 0.25) is 0 Å². The van der Waals surface area contributed by atoms with Crippen molar-refractivity contribution in [1.82, 2.24) is 5.16 Å². The molecule has 0 saturated heterocycles. The summed E-state index contributed by atoms with van der Waals surface area (Å²) in [5.74, 6) is 0.145. The van der Waals surface area contributed by atoms with Gasteiger partial charge in [0.25, 0.3) is 0 Å². The minimum Gasteiger partial charge on any atom is -0.494 e. The maximum absolute atomic E-state index is 11.0. The Labute approximate surface area is 145 Å². The Morgan fingerprint density at radius 2 is 1.84 bits per heavy atom. The number of ether oxygens (including phenoxy) is 1. The van der Waals surface area contributed by atoms with E-state index in [2.05, 4.69) is 17.3 Å². The summed E-state index contributed by atoms with van der Waals surface area (Å²) < 4.78 is 10.9. The Morgan fingerprint density at radius 1 is 1.12 bits per heavy atom. The summed E-state index contributed by atoms with van der Waals surface area (Å²) in [6, 6.07) is 17.7. The Bertz CT molecular complexity index is 838. The fourth-order valence-corrected chi connectivity index (χ4v) is 2.62. The molecular formula is C20H19NO4. The Balaban J connectivity index is 1.56. The van der Waals surface area contributed by atoms with Crippen molar-refractivity contribution in [1.29, 1.82) is 0 Å². The van der Waals surface area contributed by atoms with Gasteiger partial charge in [-0.15, -0.1) is 0 Å². The first-order valence-corrected chi connectivity index (χ1v) is 8.12. The molecular weight excluding hydrogens is 318 g/mol. The fraction of sp³-hybridized carbons (Fsp3) is 0.200. The average Bonchev–Trinajstić information content (AvgIpc) is 3.02. The zero-order valence-electron chi connectivity index (χ0n) is 13.9. The molecule has 1 aromatic heterocycles. The largest absolute Gasteiger partial charge is 0.494 e. The first-order valence-electron chi connectivity index (χ1n) is 8.12. The molecule has 3 aromatic rings. The van der Waals surface area contributed by atoms with Crippen LogP contribution < -0.4 is 4.74 Å². The highest BCUT2D eigenvalue weighted by Crippen LogP contribution is 2.27. The number of aromatic nitrogens is 1. The van der Waals surface area contributed by atoms with Gasteiger partial charge in [0.2, 0.25) is 0 Å². The van der Waals surface area contributed by atoms with E-state index >= 15 is 0 Å². The maximum atomic E-state index is 11.0. The molecule has 0 radical (unpaired) electrons. The van der Waals surface area contributed by atoms with Crippen LogP contribution in [-0.2, 0) is 6.42 Å². The van der Waals surface area contributed by atoms with Crippen molar-refractivity contribution >= 4 is 5.97 Å². The summed E-state index contributed by atoms with van der Waals surface area (Å²) in [5, 5.41) is 12.6. The van der Waals surface area contributed by atoms with Crippen molar-refractivity contribution in [3.63, 3.8) is 0 Å². The number of hydrogen-bond acceptors (Lipinski definition) is 4. The van der Waals surface area contributed by atoms with E-state index in [1.807, 2.05) is 42.5 Å². The van der Waals surface area contributed by atoms with Crippen LogP contribution in [0.4, 0.5) is 0 Å². The van der Waals surface area contributed by atoms with Gasteiger partial charge in [-0.2, -0.15) is 0 Å². The van der Waals surface area contributed by atoms with E-state index < -0.39 is 5.97 Å². The number of nitrogens with zero attached hydrogens (tertiary/aromatic N) is 1. The van der Waals surface area contributed by atoms with Crippen molar-refractivity contribution < 1.29 is 19.2 Å². The van der Waals surface area contributed by atoms with Gasteiger partial charge in [-0.05, 0) is 49.6 Å². The van der Waals surface area contributed by atoms with Crippen LogP contribution in [0, 0.1) is 6.92 Å². The highest BCUT2D eigenvalue weighted by molar-refractivity contribution is 5.88. The Morgan fingerprint density at radius 3 is 2.48 bits per heavy atom. The number of aryl methyl sites for hydroxylation is 1. The molecule has 2 aromatic carbocycles. The molecule has 25 heavy (non-hydrogen) atoms. The van der Waals surface area contributed by atoms with Crippen LogP contribution in [0.5, 0.6) is 5.75 Å². The van der Waals surface area contributed by atoms with Gasteiger partial charge in [0, 0.05) is 11.1 Å². The molecule has 1 heterocycles. The second-order valence-electron chi connectivity index (χ2n) is 5.75. The zero-order chi connectivity index (χ0) is 17.6. The van der Waals surface area contributed by atoms with Crippen molar-refractivity contribution in [2.75, 3.05) is 6.61 Å². The highest BCUT2D eigenvalue weighted by atomic mass is 16.5. The van der Waals surface area contributed by atoms with E-state index in [1.54, 1.807) is 6.92 Å². The molecule has 128 valence electrons. The van der Waals surface area contributed by atoms with Gasteiger partial charge >= 0.3 is 5.97 Å². The van der Waals surface area contributed by atoms with Crippen molar-refractivity contribution in [3.8, 4) is 17.1 Å². The lowest BCUT2D eigenvalue weighted by atomic mass is 10.1. The number of aromatic carboxylic acids is 1.